The van der Waals surface area contributed by atoms with Gasteiger partial charge in [0.15, 0.2) is 0 Å². The summed E-state index contributed by atoms with van der Waals surface area (Å²) < 4.78 is 14.4. The number of nitrogens with zero attached hydrogens (tertiary/aromatic N) is 2. The fourth-order valence-electron chi connectivity index (χ4n) is 2.77. The van der Waals surface area contributed by atoms with Gasteiger partial charge >= 0.3 is 0 Å². The zero-order chi connectivity index (χ0) is 18.5. The number of halogens is 2. The summed E-state index contributed by atoms with van der Waals surface area (Å²) in [5.41, 5.74) is 1.06. The predicted octanol–water partition coefficient (Wildman–Crippen LogP) is 3.96. The number of rotatable bonds is 5. The van der Waals surface area contributed by atoms with Gasteiger partial charge in [-0.2, -0.15) is 0 Å². The Balaban J connectivity index is 1.55. The minimum atomic E-state index is -0.308. The first kappa shape index (κ1) is 19.0. The summed E-state index contributed by atoms with van der Waals surface area (Å²) in [4.78, 5) is 17.3. The van der Waals surface area contributed by atoms with Gasteiger partial charge in [-0.05, 0) is 49.5 Å². The molecule has 0 aliphatic carbocycles. The summed E-state index contributed by atoms with van der Waals surface area (Å²) in [6.45, 7) is 3.44. The van der Waals surface area contributed by atoms with Crippen LogP contribution in [0.2, 0.25) is 5.02 Å². The minimum Gasteiger partial charge on any atom is -0.367 e. The number of benzene rings is 2. The molecule has 0 saturated carbocycles. The third-order valence-corrected chi connectivity index (χ3v) is 5.52. The van der Waals surface area contributed by atoms with Crippen LogP contribution in [-0.2, 0) is 4.79 Å². The fraction of sp³-hybridized carbons (Fsp3) is 0.316. The molecule has 1 amide bonds. The van der Waals surface area contributed by atoms with Gasteiger partial charge in [-0.3, -0.25) is 4.79 Å². The number of hydrogen-bond donors (Lipinski definition) is 1. The van der Waals surface area contributed by atoms with Crippen molar-refractivity contribution in [3.8, 4) is 0 Å². The maximum absolute atomic E-state index is 14.4. The molecule has 0 unspecified atom stereocenters. The normalized spacial score (nSPS) is 15.1. The van der Waals surface area contributed by atoms with Crippen LogP contribution in [0, 0.1) is 5.82 Å². The summed E-state index contributed by atoms with van der Waals surface area (Å²) in [5.74, 6) is -0.224. The highest BCUT2D eigenvalue weighted by Gasteiger charge is 2.17. The molecule has 2 aromatic rings. The molecular formula is C19H21ClFN3OS. The molecule has 1 aliphatic heterocycles. The quantitative estimate of drug-likeness (QED) is 0.780. The van der Waals surface area contributed by atoms with Gasteiger partial charge in [-0.15, -0.1) is 11.8 Å². The molecule has 1 aliphatic rings. The molecule has 2 aromatic carbocycles. The third-order valence-electron chi connectivity index (χ3n) is 4.26. The Kier molecular flexibility index (Phi) is 6.40. The number of carbonyl (C=O) groups is 1. The van der Waals surface area contributed by atoms with Crippen LogP contribution in [0.4, 0.5) is 15.8 Å². The van der Waals surface area contributed by atoms with E-state index in [-0.39, 0.29) is 17.5 Å². The molecule has 3 rings (SSSR count). The number of nitrogens with one attached hydrogen (secondary N) is 1. The van der Waals surface area contributed by atoms with Crippen LogP contribution < -0.4 is 10.2 Å². The Morgan fingerprint density at radius 2 is 1.85 bits per heavy atom. The molecule has 0 radical (unpaired) electrons. The van der Waals surface area contributed by atoms with E-state index >= 15 is 0 Å². The largest absolute Gasteiger partial charge is 0.367 e. The van der Waals surface area contributed by atoms with E-state index in [9.17, 15) is 9.18 Å². The van der Waals surface area contributed by atoms with Crippen molar-refractivity contribution in [2.24, 2.45) is 0 Å². The number of hydrogen-bond acceptors (Lipinski definition) is 4. The van der Waals surface area contributed by atoms with Crippen molar-refractivity contribution >= 4 is 40.6 Å². The summed E-state index contributed by atoms with van der Waals surface area (Å²) in [6.07, 6.45) is 0. The van der Waals surface area contributed by atoms with Gasteiger partial charge in [0, 0.05) is 41.8 Å². The maximum Gasteiger partial charge on any atom is 0.234 e. The van der Waals surface area contributed by atoms with E-state index < -0.39 is 0 Å². The van der Waals surface area contributed by atoms with E-state index in [0.29, 0.717) is 16.4 Å². The summed E-state index contributed by atoms with van der Waals surface area (Å²) in [6, 6.07) is 12.2. The zero-order valence-electron chi connectivity index (χ0n) is 14.5. The molecule has 0 atom stereocenters. The van der Waals surface area contributed by atoms with Crippen molar-refractivity contribution in [2.75, 3.05) is 49.2 Å². The van der Waals surface area contributed by atoms with Crippen LogP contribution in [0.15, 0.2) is 47.4 Å². The number of anilines is 2. The van der Waals surface area contributed by atoms with Gasteiger partial charge < -0.3 is 15.1 Å². The number of carbonyl (C=O) groups excluding carboxylic acids is 1. The molecule has 4 nitrogen and oxygen atoms in total. The van der Waals surface area contributed by atoms with Crippen LogP contribution in [0.5, 0.6) is 0 Å². The van der Waals surface area contributed by atoms with Crippen LogP contribution in [0.3, 0.4) is 0 Å². The lowest BCUT2D eigenvalue weighted by molar-refractivity contribution is -0.113. The van der Waals surface area contributed by atoms with Crippen LogP contribution in [0.1, 0.15) is 0 Å². The van der Waals surface area contributed by atoms with E-state index in [2.05, 4.69) is 17.3 Å². The zero-order valence-corrected chi connectivity index (χ0v) is 16.1. The molecule has 1 heterocycles. The molecule has 0 spiro atoms. The predicted molar refractivity (Wildman–Crippen MR) is 107 cm³/mol. The van der Waals surface area contributed by atoms with Crippen LogP contribution in [0.25, 0.3) is 0 Å². The first-order valence-corrected chi connectivity index (χ1v) is 9.79. The number of likely N-dealkylation sites (N-methyl/N-ethyl adjacent to an activating group) is 1. The molecule has 7 heteroatoms. The summed E-state index contributed by atoms with van der Waals surface area (Å²) in [7, 11) is 2.06. The Bertz CT molecular complexity index is 764. The van der Waals surface area contributed by atoms with Crippen LogP contribution >= 0.6 is 23.4 Å². The lowest BCUT2D eigenvalue weighted by atomic mass is 10.2. The van der Waals surface area contributed by atoms with Crippen molar-refractivity contribution < 1.29 is 9.18 Å². The van der Waals surface area contributed by atoms with Gasteiger partial charge in [0.05, 0.1) is 11.4 Å². The minimum absolute atomic E-state index is 0.170. The van der Waals surface area contributed by atoms with Crippen molar-refractivity contribution in [2.45, 2.75) is 4.90 Å². The molecule has 0 bridgehead atoms. The van der Waals surface area contributed by atoms with Crippen molar-refractivity contribution in [1.82, 2.24) is 4.90 Å². The molecule has 26 heavy (non-hydrogen) atoms. The van der Waals surface area contributed by atoms with E-state index in [1.54, 1.807) is 24.3 Å². The molecule has 1 fully saturated rings. The highest BCUT2D eigenvalue weighted by atomic mass is 35.5. The van der Waals surface area contributed by atoms with E-state index in [0.717, 1.165) is 31.1 Å². The second-order valence-corrected chi connectivity index (χ2v) is 7.73. The second kappa shape index (κ2) is 8.75. The average molecular weight is 394 g/mol. The maximum atomic E-state index is 14.4. The molecule has 0 aromatic heterocycles. The van der Waals surface area contributed by atoms with Gasteiger partial charge in [-0.25, -0.2) is 4.39 Å². The molecular weight excluding hydrogens is 373 g/mol. The van der Waals surface area contributed by atoms with Gasteiger partial charge in [-0.1, -0.05) is 11.6 Å². The smallest absolute Gasteiger partial charge is 0.234 e. The number of amides is 1. The summed E-state index contributed by atoms with van der Waals surface area (Å²) >= 11 is 7.25. The average Bonchev–Trinajstić information content (AvgIpc) is 2.62. The molecule has 138 valence electrons. The topological polar surface area (TPSA) is 35.6 Å². The Morgan fingerprint density at radius 1 is 1.15 bits per heavy atom. The lowest BCUT2D eigenvalue weighted by Gasteiger charge is -2.34. The lowest BCUT2D eigenvalue weighted by Crippen LogP contribution is -2.44. The number of piperazine rings is 1. The first-order valence-electron chi connectivity index (χ1n) is 8.42. The second-order valence-electron chi connectivity index (χ2n) is 6.25. The monoisotopic (exact) mass is 393 g/mol. The third kappa shape index (κ3) is 5.13. The van der Waals surface area contributed by atoms with Crippen molar-refractivity contribution in [1.29, 1.82) is 0 Å². The standard InChI is InChI=1S/C19H21ClFN3OS/c1-23-8-10-24(11-9-23)18-7-4-15(12-17(18)21)22-19(25)13-26-16-5-2-14(20)3-6-16/h2-7,12H,8-11,13H2,1H3,(H,22,25). The van der Waals surface area contributed by atoms with Crippen molar-refractivity contribution in [3.05, 3.63) is 53.3 Å². The molecule has 1 saturated heterocycles. The van der Waals surface area contributed by atoms with Gasteiger partial charge in [0.25, 0.3) is 0 Å². The van der Waals surface area contributed by atoms with E-state index in [4.69, 9.17) is 11.6 Å². The van der Waals surface area contributed by atoms with Gasteiger partial charge in [0.1, 0.15) is 5.82 Å². The Morgan fingerprint density at radius 3 is 2.50 bits per heavy atom. The van der Waals surface area contributed by atoms with Crippen molar-refractivity contribution in [3.63, 3.8) is 0 Å². The van der Waals surface area contributed by atoms with E-state index in [1.165, 1.54) is 17.8 Å². The summed E-state index contributed by atoms with van der Waals surface area (Å²) in [5, 5.41) is 3.41. The van der Waals surface area contributed by atoms with E-state index in [1.807, 2.05) is 17.0 Å². The fourth-order valence-corrected chi connectivity index (χ4v) is 3.59. The molecule has 1 N–H and O–H groups in total. The first-order chi connectivity index (χ1) is 12.5. The SMILES string of the molecule is CN1CCN(c2ccc(NC(=O)CSc3ccc(Cl)cc3)cc2F)CC1. The highest BCUT2D eigenvalue weighted by molar-refractivity contribution is 8.00. The van der Waals surface area contributed by atoms with Crippen LogP contribution in [-0.4, -0.2) is 49.8 Å². The van der Waals surface area contributed by atoms with Gasteiger partial charge in [0.2, 0.25) is 5.91 Å². The Labute approximate surface area is 162 Å². The Hall–Kier alpha value is -1.76. The highest BCUT2D eigenvalue weighted by Crippen LogP contribution is 2.25. The number of thioether (sulfide) groups is 1.